The number of rotatable bonds is 7. The van der Waals surface area contributed by atoms with Gasteiger partial charge in [-0.05, 0) is 37.8 Å². The third kappa shape index (κ3) is 4.79. The van der Waals surface area contributed by atoms with Crippen molar-refractivity contribution in [2.45, 2.75) is 25.1 Å². The van der Waals surface area contributed by atoms with E-state index in [-0.39, 0.29) is 4.75 Å². The maximum atomic E-state index is 6.17. The summed E-state index contributed by atoms with van der Waals surface area (Å²) < 4.78 is 10.7. The van der Waals surface area contributed by atoms with E-state index in [0.29, 0.717) is 16.5 Å². The Bertz CT molecular complexity index is 424. The number of hydrogen-bond acceptors (Lipinski definition) is 4. The van der Waals surface area contributed by atoms with E-state index in [1.54, 1.807) is 14.2 Å². The van der Waals surface area contributed by atoms with E-state index in [2.05, 4.69) is 25.4 Å². The molecular formula is C14H22ClNO2S. The second-order valence-corrected chi connectivity index (χ2v) is 6.80. The van der Waals surface area contributed by atoms with Crippen LogP contribution in [0.5, 0.6) is 11.5 Å². The maximum Gasteiger partial charge on any atom is 0.179 e. The molecule has 0 aromatic heterocycles. The second-order valence-electron chi connectivity index (χ2n) is 4.88. The molecule has 0 fully saturated rings. The first-order valence-electron chi connectivity index (χ1n) is 6.10. The van der Waals surface area contributed by atoms with Gasteiger partial charge in [0.15, 0.2) is 11.5 Å². The zero-order valence-corrected chi connectivity index (χ0v) is 13.7. The molecule has 0 aliphatic heterocycles. The summed E-state index contributed by atoms with van der Waals surface area (Å²) in [6, 6.07) is 3.85. The second kappa shape index (κ2) is 7.27. The summed E-state index contributed by atoms with van der Waals surface area (Å²) in [6.07, 6.45) is 2.12. The summed E-state index contributed by atoms with van der Waals surface area (Å²) in [5, 5.41) is 4.01. The van der Waals surface area contributed by atoms with Crippen LogP contribution in [0.25, 0.3) is 0 Å². The van der Waals surface area contributed by atoms with Crippen LogP contribution >= 0.6 is 23.4 Å². The van der Waals surface area contributed by atoms with Crippen LogP contribution in [0.1, 0.15) is 19.4 Å². The Morgan fingerprint density at radius 3 is 2.47 bits per heavy atom. The van der Waals surface area contributed by atoms with Gasteiger partial charge in [-0.1, -0.05) is 11.6 Å². The summed E-state index contributed by atoms with van der Waals surface area (Å²) in [4.78, 5) is 0. The van der Waals surface area contributed by atoms with Gasteiger partial charge in [-0.3, -0.25) is 0 Å². The van der Waals surface area contributed by atoms with E-state index in [1.807, 2.05) is 23.9 Å². The normalized spacial score (nSPS) is 11.5. The van der Waals surface area contributed by atoms with Gasteiger partial charge >= 0.3 is 0 Å². The highest BCUT2D eigenvalue weighted by molar-refractivity contribution is 7.99. The summed E-state index contributed by atoms with van der Waals surface area (Å²) >= 11 is 8.02. The number of methoxy groups -OCH3 is 2. The minimum absolute atomic E-state index is 0.223. The summed E-state index contributed by atoms with van der Waals surface area (Å²) in [5.41, 5.74) is 1.08. The van der Waals surface area contributed by atoms with Crippen molar-refractivity contribution < 1.29 is 9.47 Å². The number of ether oxygens (including phenoxy) is 2. The van der Waals surface area contributed by atoms with Crippen molar-refractivity contribution in [3.8, 4) is 11.5 Å². The SMILES string of the molecule is COc1cc(CNCC(C)(C)SC)cc(Cl)c1OC. The Morgan fingerprint density at radius 1 is 1.26 bits per heavy atom. The average molecular weight is 304 g/mol. The summed E-state index contributed by atoms with van der Waals surface area (Å²) in [6.45, 7) is 6.11. The Balaban J connectivity index is 2.72. The molecule has 1 aromatic carbocycles. The third-order valence-corrected chi connectivity index (χ3v) is 4.46. The minimum atomic E-state index is 0.223. The van der Waals surface area contributed by atoms with Crippen molar-refractivity contribution >= 4 is 23.4 Å². The molecule has 1 aromatic rings. The van der Waals surface area contributed by atoms with Crippen molar-refractivity contribution in [3.63, 3.8) is 0 Å². The molecule has 0 unspecified atom stereocenters. The predicted octanol–water partition coefficient (Wildman–Crippen LogP) is 3.59. The van der Waals surface area contributed by atoms with Gasteiger partial charge in [-0.15, -0.1) is 0 Å². The standard InChI is InChI=1S/C14H22ClNO2S/c1-14(2,19-5)9-16-8-10-6-11(15)13(18-4)12(7-10)17-3/h6-7,16H,8-9H2,1-5H3. The maximum absolute atomic E-state index is 6.17. The fourth-order valence-corrected chi connectivity index (χ4v) is 2.21. The van der Waals surface area contributed by atoms with E-state index >= 15 is 0 Å². The largest absolute Gasteiger partial charge is 0.493 e. The molecule has 0 spiro atoms. The van der Waals surface area contributed by atoms with E-state index in [0.717, 1.165) is 18.7 Å². The van der Waals surface area contributed by atoms with Gasteiger partial charge in [0.2, 0.25) is 0 Å². The Labute approximate surface area is 125 Å². The molecule has 0 aliphatic carbocycles. The number of benzene rings is 1. The third-order valence-electron chi connectivity index (χ3n) is 2.93. The molecule has 0 aliphatic rings. The van der Waals surface area contributed by atoms with Crippen LogP contribution < -0.4 is 14.8 Å². The molecule has 0 saturated carbocycles. The van der Waals surface area contributed by atoms with E-state index in [1.165, 1.54) is 0 Å². The Hall–Kier alpha value is -0.580. The molecule has 0 heterocycles. The van der Waals surface area contributed by atoms with Gasteiger partial charge in [0, 0.05) is 17.8 Å². The zero-order chi connectivity index (χ0) is 14.5. The van der Waals surface area contributed by atoms with Crippen LogP contribution in [0.15, 0.2) is 12.1 Å². The van der Waals surface area contributed by atoms with Crippen LogP contribution in [-0.2, 0) is 6.54 Å². The first-order valence-corrected chi connectivity index (χ1v) is 7.70. The fourth-order valence-electron chi connectivity index (χ4n) is 1.65. The first kappa shape index (κ1) is 16.5. The lowest BCUT2D eigenvalue weighted by atomic mass is 10.1. The average Bonchev–Trinajstić information content (AvgIpc) is 2.37. The molecule has 108 valence electrons. The number of hydrogen-bond donors (Lipinski definition) is 1. The summed E-state index contributed by atoms with van der Waals surface area (Å²) in [7, 11) is 3.20. The minimum Gasteiger partial charge on any atom is -0.493 e. The van der Waals surface area contributed by atoms with E-state index < -0.39 is 0 Å². The van der Waals surface area contributed by atoms with Gasteiger partial charge in [0.25, 0.3) is 0 Å². The van der Waals surface area contributed by atoms with Crippen LogP contribution in [-0.4, -0.2) is 31.8 Å². The highest BCUT2D eigenvalue weighted by Gasteiger charge is 2.15. The van der Waals surface area contributed by atoms with Crippen LogP contribution in [0, 0.1) is 0 Å². The smallest absolute Gasteiger partial charge is 0.179 e. The molecule has 1 rings (SSSR count). The Kier molecular flexibility index (Phi) is 6.30. The van der Waals surface area contributed by atoms with Gasteiger partial charge in [0.1, 0.15) is 0 Å². The first-order chi connectivity index (χ1) is 8.93. The quantitative estimate of drug-likeness (QED) is 0.834. The highest BCUT2D eigenvalue weighted by Crippen LogP contribution is 2.36. The molecule has 0 amide bonds. The number of nitrogens with one attached hydrogen (secondary N) is 1. The molecule has 19 heavy (non-hydrogen) atoms. The topological polar surface area (TPSA) is 30.5 Å². The molecule has 0 bridgehead atoms. The molecule has 5 heteroatoms. The fraction of sp³-hybridized carbons (Fsp3) is 0.571. The van der Waals surface area contributed by atoms with Crippen molar-refractivity contribution in [2.24, 2.45) is 0 Å². The van der Waals surface area contributed by atoms with Crippen molar-refractivity contribution in [3.05, 3.63) is 22.7 Å². The van der Waals surface area contributed by atoms with Crippen molar-refractivity contribution in [2.75, 3.05) is 27.0 Å². The molecule has 3 nitrogen and oxygen atoms in total. The molecule has 1 N–H and O–H groups in total. The van der Waals surface area contributed by atoms with Gasteiger partial charge in [0.05, 0.1) is 19.2 Å². The van der Waals surface area contributed by atoms with Crippen LogP contribution in [0.4, 0.5) is 0 Å². The number of halogens is 1. The van der Waals surface area contributed by atoms with Gasteiger partial charge in [-0.25, -0.2) is 0 Å². The highest BCUT2D eigenvalue weighted by atomic mass is 35.5. The van der Waals surface area contributed by atoms with Gasteiger partial charge in [-0.2, -0.15) is 11.8 Å². The molecule has 0 atom stereocenters. The lowest BCUT2D eigenvalue weighted by Gasteiger charge is -2.22. The van der Waals surface area contributed by atoms with E-state index in [4.69, 9.17) is 21.1 Å². The predicted molar refractivity (Wildman–Crippen MR) is 83.9 cm³/mol. The van der Waals surface area contributed by atoms with Gasteiger partial charge < -0.3 is 14.8 Å². The number of thioether (sulfide) groups is 1. The molecule has 0 saturated heterocycles. The summed E-state index contributed by atoms with van der Waals surface area (Å²) in [5.74, 6) is 1.24. The van der Waals surface area contributed by atoms with Crippen LogP contribution in [0.3, 0.4) is 0 Å². The van der Waals surface area contributed by atoms with Crippen molar-refractivity contribution in [1.82, 2.24) is 5.32 Å². The van der Waals surface area contributed by atoms with E-state index in [9.17, 15) is 0 Å². The zero-order valence-electron chi connectivity index (χ0n) is 12.2. The lowest BCUT2D eigenvalue weighted by molar-refractivity contribution is 0.354. The van der Waals surface area contributed by atoms with Crippen LogP contribution in [0.2, 0.25) is 5.02 Å². The molecular weight excluding hydrogens is 282 g/mol. The van der Waals surface area contributed by atoms with Crippen molar-refractivity contribution in [1.29, 1.82) is 0 Å². The monoisotopic (exact) mass is 303 g/mol. The Morgan fingerprint density at radius 2 is 1.95 bits per heavy atom. The lowest BCUT2D eigenvalue weighted by Crippen LogP contribution is -2.31. The molecule has 0 radical (unpaired) electrons.